The van der Waals surface area contributed by atoms with Crippen LogP contribution in [-0.2, 0) is 0 Å². The Bertz CT molecular complexity index is 870. The first-order valence-electron chi connectivity index (χ1n) is 8.52. The predicted octanol–water partition coefficient (Wildman–Crippen LogP) is 3.75. The van der Waals surface area contributed by atoms with E-state index in [0.29, 0.717) is 18.1 Å². The van der Waals surface area contributed by atoms with Crippen molar-refractivity contribution in [1.29, 1.82) is 0 Å². The number of thiazole rings is 1. The normalized spacial score (nSPS) is 17.1. The summed E-state index contributed by atoms with van der Waals surface area (Å²) < 4.78 is 5.78. The Hall–Kier alpha value is -2.80. The number of ether oxygens (including phenoxy) is 1. The van der Waals surface area contributed by atoms with Gasteiger partial charge >= 0.3 is 0 Å². The quantitative estimate of drug-likeness (QED) is 0.703. The first kappa shape index (κ1) is 16.7. The molecule has 0 radical (unpaired) electrons. The number of benzene rings is 1. The molecule has 2 aromatic heterocycles. The molecule has 26 heavy (non-hydrogen) atoms. The lowest BCUT2D eigenvalue weighted by molar-refractivity contribution is 0.0700. The van der Waals surface area contributed by atoms with Crippen molar-refractivity contribution < 1.29 is 9.53 Å². The minimum Gasteiger partial charge on any atom is -0.437 e. The average molecular weight is 366 g/mol. The van der Waals surface area contributed by atoms with E-state index in [1.807, 2.05) is 35.2 Å². The molecule has 1 fully saturated rings. The van der Waals surface area contributed by atoms with E-state index < -0.39 is 0 Å². The van der Waals surface area contributed by atoms with Crippen LogP contribution < -0.4 is 4.74 Å². The zero-order valence-electron chi connectivity index (χ0n) is 14.1. The molecule has 6 nitrogen and oxygen atoms in total. The van der Waals surface area contributed by atoms with Gasteiger partial charge in [-0.3, -0.25) is 9.78 Å². The number of hydrogen-bond acceptors (Lipinski definition) is 6. The van der Waals surface area contributed by atoms with Crippen molar-refractivity contribution >= 4 is 17.2 Å². The Kier molecular flexibility index (Phi) is 4.88. The molecule has 1 aliphatic heterocycles. The second-order valence-corrected chi connectivity index (χ2v) is 6.88. The number of likely N-dealkylation sites (tertiary alicyclic amines) is 1. The first-order valence-corrected chi connectivity index (χ1v) is 9.46. The van der Waals surface area contributed by atoms with Crippen molar-refractivity contribution in [3.63, 3.8) is 0 Å². The fourth-order valence-corrected chi connectivity index (χ4v) is 3.63. The zero-order valence-corrected chi connectivity index (χ0v) is 14.9. The van der Waals surface area contributed by atoms with Gasteiger partial charge in [0.05, 0.1) is 17.4 Å². The summed E-state index contributed by atoms with van der Waals surface area (Å²) in [5.41, 5.74) is 3.06. The number of amides is 1. The smallest absolute Gasteiger partial charge is 0.273 e. The Balaban J connectivity index is 1.48. The average Bonchev–Trinajstić information content (AvgIpc) is 3.23. The molecule has 1 saturated heterocycles. The van der Waals surface area contributed by atoms with Crippen LogP contribution in [0.4, 0.5) is 0 Å². The molecule has 3 aromatic rings. The number of piperidine rings is 1. The van der Waals surface area contributed by atoms with E-state index >= 15 is 0 Å². The van der Waals surface area contributed by atoms with Gasteiger partial charge in [0.25, 0.3) is 5.91 Å². The van der Waals surface area contributed by atoms with Gasteiger partial charge in [-0.1, -0.05) is 18.2 Å². The predicted molar refractivity (Wildman–Crippen MR) is 98.5 cm³/mol. The summed E-state index contributed by atoms with van der Waals surface area (Å²) in [6.07, 6.45) is 5.28. The van der Waals surface area contributed by atoms with Gasteiger partial charge in [-0.25, -0.2) is 9.97 Å². The lowest BCUT2D eigenvalue weighted by Crippen LogP contribution is -2.39. The highest BCUT2D eigenvalue weighted by atomic mass is 32.1. The molecule has 0 N–H and O–H groups in total. The minimum atomic E-state index is -0.0133. The fraction of sp³-hybridized carbons (Fsp3) is 0.263. The second kappa shape index (κ2) is 7.61. The minimum absolute atomic E-state index is 0.0133. The van der Waals surface area contributed by atoms with Crippen molar-refractivity contribution in [2.75, 3.05) is 13.1 Å². The molecule has 1 atom stereocenters. The summed E-state index contributed by atoms with van der Waals surface area (Å²) in [6.45, 7) is 1.38. The van der Waals surface area contributed by atoms with Crippen LogP contribution in [0.15, 0.2) is 53.6 Å². The third kappa shape index (κ3) is 3.72. The van der Waals surface area contributed by atoms with Crippen molar-refractivity contribution in [1.82, 2.24) is 19.9 Å². The Morgan fingerprint density at radius 2 is 2.12 bits per heavy atom. The van der Waals surface area contributed by atoms with Crippen LogP contribution in [0.2, 0.25) is 0 Å². The molecule has 3 heterocycles. The van der Waals surface area contributed by atoms with Gasteiger partial charge in [0, 0.05) is 30.6 Å². The number of hydrogen-bond donors (Lipinski definition) is 0. The van der Waals surface area contributed by atoms with E-state index in [1.54, 1.807) is 23.3 Å². The lowest BCUT2D eigenvalue weighted by atomic mass is 9.95. The van der Waals surface area contributed by atoms with Gasteiger partial charge in [0.2, 0.25) is 5.88 Å². The maximum atomic E-state index is 12.6. The summed E-state index contributed by atoms with van der Waals surface area (Å²) in [5, 5.41) is 1.79. The van der Waals surface area contributed by atoms with Crippen LogP contribution in [-0.4, -0.2) is 38.8 Å². The maximum absolute atomic E-state index is 12.6. The fourth-order valence-electron chi connectivity index (χ4n) is 3.10. The van der Waals surface area contributed by atoms with Gasteiger partial charge in [0.15, 0.2) is 0 Å². The largest absolute Gasteiger partial charge is 0.437 e. The summed E-state index contributed by atoms with van der Waals surface area (Å²) in [6, 6.07) is 9.52. The molecule has 132 valence electrons. The van der Waals surface area contributed by atoms with Crippen LogP contribution in [0.3, 0.4) is 0 Å². The molecular weight excluding hydrogens is 348 g/mol. The van der Waals surface area contributed by atoms with Crippen molar-refractivity contribution in [2.24, 2.45) is 0 Å². The number of nitrogens with zero attached hydrogens (tertiary/aromatic N) is 4. The highest BCUT2D eigenvalue weighted by Crippen LogP contribution is 2.28. The van der Waals surface area contributed by atoms with Gasteiger partial charge in [0.1, 0.15) is 11.4 Å². The summed E-state index contributed by atoms with van der Waals surface area (Å²) in [5.74, 6) is 1.33. The Morgan fingerprint density at radius 1 is 1.23 bits per heavy atom. The van der Waals surface area contributed by atoms with Gasteiger partial charge in [-0.2, -0.15) is 0 Å². The molecule has 0 unspecified atom stereocenters. The molecule has 1 aromatic carbocycles. The van der Waals surface area contributed by atoms with Crippen molar-refractivity contribution in [3.05, 3.63) is 65.0 Å². The van der Waals surface area contributed by atoms with E-state index in [9.17, 15) is 4.79 Å². The lowest BCUT2D eigenvalue weighted by Gasteiger charge is -2.32. The van der Waals surface area contributed by atoms with E-state index in [2.05, 4.69) is 15.0 Å². The number of carbonyl (C=O) groups is 1. The molecule has 1 aliphatic rings. The second-order valence-electron chi connectivity index (χ2n) is 6.16. The van der Waals surface area contributed by atoms with E-state index in [-0.39, 0.29) is 11.8 Å². The molecule has 4 rings (SSSR count). The van der Waals surface area contributed by atoms with Gasteiger partial charge in [-0.05, 0) is 25.0 Å². The topological polar surface area (TPSA) is 68.2 Å². The van der Waals surface area contributed by atoms with E-state index in [4.69, 9.17) is 4.74 Å². The van der Waals surface area contributed by atoms with Crippen LogP contribution >= 0.6 is 11.3 Å². The molecule has 1 amide bonds. The number of carbonyl (C=O) groups excluding carboxylic acids is 1. The third-order valence-electron chi connectivity index (χ3n) is 4.38. The summed E-state index contributed by atoms with van der Waals surface area (Å²) in [4.78, 5) is 27.4. The molecule has 0 saturated carbocycles. The zero-order chi connectivity index (χ0) is 17.8. The van der Waals surface area contributed by atoms with Crippen LogP contribution in [0.25, 0.3) is 0 Å². The van der Waals surface area contributed by atoms with Crippen LogP contribution in [0.5, 0.6) is 11.6 Å². The third-order valence-corrected chi connectivity index (χ3v) is 4.96. The molecule has 0 spiro atoms. The Labute approximate surface area is 155 Å². The molecular formula is C19H18N4O2S. The SMILES string of the molecule is O=C(c1cscn1)N1CCC[C@@H](c2cncc(Oc3ccccc3)n2)C1. The summed E-state index contributed by atoms with van der Waals surface area (Å²) in [7, 11) is 0. The van der Waals surface area contributed by atoms with E-state index in [1.165, 1.54) is 11.3 Å². The monoisotopic (exact) mass is 366 g/mol. The number of rotatable bonds is 4. The highest BCUT2D eigenvalue weighted by molar-refractivity contribution is 7.07. The van der Waals surface area contributed by atoms with Crippen LogP contribution in [0, 0.1) is 0 Å². The standard InChI is InChI=1S/C19H18N4O2S/c24-19(17-12-26-13-21-17)23-8-4-5-14(11-23)16-9-20-10-18(22-16)25-15-6-2-1-3-7-15/h1-3,6-7,9-10,12-14H,4-5,8,11H2/t14-/m1/s1. The highest BCUT2D eigenvalue weighted by Gasteiger charge is 2.27. The van der Waals surface area contributed by atoms with Crippen molar-refractivity contribution in [3.8, 4) is 11.6 Å². The van der Waals surface area contributed by atoms with Crippen LogP contribution in [0.1, 0.15) is 34.9 Å². The van der Waals surface area contributed by atoms with Gasteiger partial charge in [-0.15, -0.1) is 11.3 Å². The van der Waals surface area contributed by atoms with Crippen molar-refractivity contribution in [2.45, 2.75) is 18.8 Å². The number of aromatic nitrogens is 3. The Morgan fingerprint density at radius 3 is 2.92 bits per heavy atom. The molecule has 0 bridgehead atoms. The maximum Gasteiger partial charge on any atom is 0.273 e. The molecule has 0 aliphatic carbocycles. The number of para-hydroxylation sites is 1. The first-order chi connectivity index (χ1) is 12.8. The summed E-state index contributed by atoms with van der Waals surface area (Å²) >= 11 is 1.43. The molecule has 7 heteroatoms. The van der Waals surface area contributed by atoms with E-state index in [0.717, 1.165) is 30.8 Å². The van der Waals surface area contributed by atoms with Gasteiger partial charge < -0.3 is 9.64 Å².